The summed E-state index contributed by atoms with van der Waals surface area (Å²) in [5.41, 5.74) is -0.215. The Bertz CT molecular complexity index is 726. The van der Waals surface area contributed by atoms with E-state index in [2.05, 4.69) is 0 Å². The predicted molar refractivity (Wildman–Crippen MR) is 67.0 cm³/mol. The number of aryl methyl sites for hydroxylation is 1. The Balaban J connectivity index is 2.98. The topological polar surface area (TPSA) is 102 Å². The number of benzene rings is 1. The van der Waals surface area contributed by atoms with Crippen molar-refractivity contribution in [1.82, 2.24) is 9.13 Å². The minimum atomic E-state index is -1.50. The molecule has 0 saturated heterocycles. The van der Waals surface area contributed by atoms with Crippen molar-refractivity contribution >= 4 is 23.2 Å². The number of hydrogen-bond acceptors (Lipinski definition) is 3. The van der Waals surface area contributed by atoms with Gasteiger partial charge < -0.3 is 10.2 Å². The van der Waals surface area contributed by atoms with Gasteiger partial charge in [0.2, 0.25) is 0 Å². The second-order valence-electron chi connectivity index (χ2n) is 4.05. The fraction of sp³-hybridized carbons (Fsp3) is 0.250. The molecule has 0 unspecified atom stereocenters. The van der Waals surface area contributed by atoms with E-state index in [0.717, 1.165) is 6.42 Å². The molecule has 0 aliphatic rings. The number of imidazole rings is 1. The van der Waals surface area contributed by atoms with Crippen LogP contribution in [-0.4, -0.2) is 31.5 Å². The summed E-state index contributed by atoms with van der Waals surface area (Å²) in [7, 11) is 0. The molecule has 0 aliphatic carbocycles. The largest absolute Gasteiger partial charge is 0.464 e. The van der Waals surface area contributed by atoms with Crippen LogP contribution in [0.1, 0.15) is 18.9 Å². The van der Waals surface area contributed by atoms with Crippen LogP contribution in [0.3, 0.4) is 0 Å². The second kappa shape index (κ2) is 4.60. The zero-order chi connectivity index (χ0) is 14.2. The Morgan fingerprint density at radius 2 is 1.79 bits per heavy atom. The summed E-state index contributed by atoms with van der Waals surface area (Å²) in [5.74, 6) is 0. The summed E-state index contributed by atoms with van der Waals surface area (Å²) >= 11 is 0. The Labute approximate surface area is 107 Å². The maximum absolute atomic E-state index is 11.9. The lowest BCUT2D eigenvalue weighted by Gasteiger charge is -2.03. The van der Waals surface area contributed by atoms with E-state index >= 15 is 0 Å². The standard InChI is InChI=1S/C12H12N2O5/c1-2-4-7-5-3-6-8-9(7)14(12(18)19)10(15)13(8)11(16)17/h3,5-6H,2,4H2,1H3,(H,16,17)(H,18,19). The van der Waals surface area contributed by atoms with E-state index in [1.807, 2.05) is 6.92 Å². The number of rotatable bonds is 2. The highest BCUT2D eigenvalue weighted by atomic mass is 16.4. The van der Waals surface area contributed by atoms with Crippen LogP contribution < -0.4 is 5.69 Å². The van der Waals surface area contributed by atoms with Crippen molar-refractivity contribution in [3.63, 3.8) is 0 Å². The molecule has 2 N–H and O–H groups in total. The van der Waals surface area contributed by atoms with Gasteiger partial charge in [-0.2, -0.15) is 9.13 Å². The van der Waals surface area contributed by atoms with Crippen LogP contribution in [0.15, 0.2) is 23.0 Å². The van der Waals surface area contributed by atoms with Gasteiger partial charge in [0.15, 0.2) is 0 Å². The molecule has 0 radical (unpaired) electrons. The molecular weight excluding hydrogens is 252 g/mol. The predicted octanol–water partition coefficient (Wildman–Crippen LogP) is 1.81. The highest BCUT2D eigenvalue weighted by molar-refractivity contribution is 5.93. The van der Waals surface area contributed by atoms with Gasteiger partial charge in [-0.25, -0.2) is 14.4 Å². The quantitative estimate of drug-likeness (QED) is 0.861. The molecule has 0 bridgehead atoms. The maximum Gasteiger partial charge on any atom is 0.420 e. The van der Waals surface area contributed by atoms with Crippen LogP contribution >= 0.6 is 0 Å². The minimum Gasteiger partial charge on any atom is -0.464 e. The van der Waals surface area contributed by atoms with E-state index in [1.54, 1.807) is 12.1 Å². The van der Waals surface area contributed by atoms with Gasteiger partial charge >= 0.3 is 17.9 Å². The average molecular weight is 264 g/mol. The molecule has 0 atom stereocenters. The smallest absolute Gasteiger partial charge is 0.420 e. The van der Waals surface area contributed by atoms with Crippen LogP contribution in [0.2, 0.25) is 0 Å². The molecule has 7 heteroatoms. The molecule has 0 fully saturated rings. The van der Waals surface area contributed by atoms with Crippen LogP contribution in [0.25, 0.3) is 11.0 Å². The monoisotopic (exact) mass is 264 g/mol. The Morgan fingerprint density at radius 3 is 2.32 bits per heavy atom. The van der Waals surface area contributed by atoms with E-state index in [0.29, 0.717) is 21.1 Å². The first-order valence-electron chi connectivity index (χ1n) is 5.71. The van der Waals surface area contributed by atoms with Crippen LogP contribution in [0.4, 0.5) is 9.59 Å². The Kier molecular flexibility index (Phi) is 3.12. The van der Waals surface area contributed by atoms with Crippen molar-refractivity contribution in [2.45, 2.75) is 19.8 Å². The maximum atomic E-state index is 11.9. The van der Waals surface area contributed by atoms with Crippen molar-refractivity contribution in [2.24, 2.45) is 0 Å². The fourth-order valence-electron chi connectivity index (χ4n) is 2.15. The molecule has 7 nitrogen and oxygen atoms in total. The van der Waals surface area contributed by atoms with Gasteiger partial charge in [-0.05, 0) is 18.1 Å². The van der Waals surface area contributed by atoms with Crippen LogP contribution in [0, 0.1) is 0 Å². The molecule has 19 heavy (non-hydrogen) atoms. The summed E-state index contributed by atoms with van der Waals surface area (Å²) < 4.78 is 0.928. The van der Waals surface area contributed by atoms with Crippen molar-refractivity contribution in [3.8, 4) is 0 Å². The first kappa shape index (κ1) is 12.9. The molecule has 2 rings (SSSR count). The number of nitrogens with zero attached hydrogens (tertiary/aromatic N) is 2. The van der Waals surface area contributed by atoms with E-state index in [1.165, 1.54) is 6.07 Å². The number of aromatic nitrogens is 2. The van der Waals surface area contributed by atoms with Gasteiger partial charge in [0.05, 0.1) is 11.0 Å². The summed E-state index contributed by atoms with van der Waals surface area (Å²) in [5, 5.41) is 18.1. The third-order valence-electron chi connectivity index (χ3n) is 2.85. The van der Waals surface area contributed by atoms with Gasteiger partial charge in [0.1, 0.15) is 0 Å². The van der Waals surface area contributed by atoms with Crippen LogP contribution in [0.5, 0.6) is 0 Å². The third kappa shape index (κ3) is 1.88. The molecular formula is C12H12N2O5. The summed E-state index contributed by atoms with van der Waals surface area (Å²) in [4.78, 5) is 34.2. The molecule has 0 aliphatic heterocycles. The first-order chi connectivity index (χ1) is 8.99. The molecule has 0 amide bonds. The number of carbonyl (C=O) groups is 2. The second-order valence-corrected chi connectivity index (χ2v) is 4.05. The lowest BCUT2D eigenvalue weighted by molar-refractivity contribution is 0.193. The SMILES string of the molecule is CCCc1cccc2c1n(C(=O)O)c(=O)n2C(=O)O. The van der Waals surface area contributed by atoms with E-state index in [-0.39, 0.29) is 11.0 Å². The molecule has 1 heterocycles. The molecule has 100 valence electrons. The van der Waals surface area contributed by atoms with E-state index in [4.69, 9.17) is 10.2 Å². The van der Waals surface area contributed by atoms with Crippen molar-refractivity contribution in [2.75, 3.05) is 0 Å². The van der Waals surface area contributed by atoms with Crippen molar-refractivity contribution < 1.29 is 19.8 Å². The average Bonchev–Trinajstić information content (AvgIpc) is 2.62. The zero-order valence-corrected chi connectivity index (χ0v) is 10.2. The number of fused-ring (bicyclic) bond motifs is 1. The van der Waals surface area contributed by atoms with E-state index < -0.39 is 17.9 Å². The molecule has 1 aromatic heterocycles. The first-order valence-corrected chi connectivity index (χ1v) is 5.71. The van der Waals surface area contributed by atoms with Crippen LogP contribution in [-0.2, 0) is 6.42 Å². The molecule has 2 aromatic rings. The Hall–Kier alpha value is -2.57. The fourth-order valence-corrected chi connectivity index (χ4v) is 2.15. The lowest BCUT2D eigenvalue weighted by atomic mass is 10.1. The molecule has 0 spiro atoms. The van der Waals surface area contributed by atoms with E-state index in [9.17, 15) is 14.4 Å². The van der Waals surface area contributed by atoms with Crippen molar-refractivity contribution in [3.05, 3.63) is 34.2 Å². The lowest BCUT2D eigenvalue weighted by Crippen LogP contribution is -2.31. The van der Waals surface area contributed by atoms with Gasteiger partial charge in [-0.3, -0.25) is 0 Å². The third-order valence-corrected chi connectivity index (χ3v) is 2.85. The minimum absolute atomic E-state index is 0.0888. The van der Waals surface area contributed by atoms with Gasteiger partial charge in [-0.1, -0.05) is 25.5 Å². The number of para-hydroxylation sites is 1. The van der Waals surface area contributed by atoms with Crippen molar-refractivity contribution in [1.29, 1.82) is 0 Å². The molecule has 1 aromatic carbocycles. The highest BCUT2D eigenvalue weighted by Crippen LogP contribution is 2.19. The summed E-state index contributed by atoms with van der Waals surface area (Å²) in [6, 6.07) is 4.72. The van der Waals surface area contributed by atoms with Gasteiger partial charge in [0.25, 0.3) is 0 Å². The highest BCUT2D eigenvalue weighted by Gasteiger charge is 2.23. The molecule has 0 saturated carbocycles. The number of hydrogen-bond donors (Lipinski definition) is 2. The summed E-state index contributed by atoms with van der Waals surface area (Å²) in [6.07, 6.45) is -1.67. The normalized spacial score (nSPS) is 10.8. The van der Waals surface area contributed by atoms with Gasteiger partial charge in [-0.15, -0.1) is 0 Å². The number of carboxylic acid groups (broad SMARTS) is 2. The zero-order valence-electron chi connectivity index (χ0n) is 10.2. The summed E-state index contributed by atoms with van der Waals surface area (Å²) in [6.45, 7) is 1.91. The Morgan fingerprint density at radius 1 is 1.16 bits per heavy atom. The van der Waals surface area contributed by atoms with Gasteiger partial charge in [0, 0.05) is 0 Å².